The first kappa shape index (κ1) is 15.3. The van der Waals surface area contributed by atoms with Crippen LogP contribution in [0.15, 0.2) is 22.7 Å². The molecule has 1 aromatic carbocycles. The largest absolute Gasteiger partial charge is 0.496 e. The fourth-order valence-electron chi connectivity index (χ4n) is 1.97. The molecule has 0 bridgehead atoms. The maximum Gasteiger partial charge on any atom is 0.161 e. The summed E-state index contributed by atoms with van der Waals surface area (Å²) in [5.74, 6) is 1.75. The molecule has 3 nitrogen and oxygen atoms in total. The first-order valence-corrected chi connectivity index (χ1v) is 7.49. The van der Waals surface area contributed by atoms with Crippen LogP contribution in [0, 0.1) is 6.92 Å². The fourth-order valence-corrected chi connectivity index (χ4v) is 2.78. The number of aryl methyl sites for hydroxylation is 1. The van der Waals surface area contributed by atoms with Crippen LogP contribution in [0.25, 0.3) is 11.4 Å². The molecule has 106 valence electrons. The van der Waals surface area contributed by atoms with Gasteiger partial charge in [-0.1, -0.05) is 25.4 Å². The quantitative estimate of drug-likeness (QED) is 0.727. The maximum atomic E-state index is 6.19. The molecule has 0 aliphatic rings. The van der Waals surface area contributed by atoms with E-state index in [9.17, 15) is 0 Å². The lowest BCUT2D eigenvalue weighted by molar-refractivity contribution is 0.412. The lowest BCUT2D eigenvalue weighted by Crippen LogP contribution is -2.00. The molecule has 0 spiro atoms. The van der Waals surface area contributed by atoms with Crippen molar-refractivity contribution >= 4 is 27.5 Å². The third kappa shape index (κ3) is 2.96. The average Bonchev–Trinajstić information content (AvgIpc) is 2.41. The molecule has 0 unspecified atom stereocenters. The number of benzene rings is 1. The highest BCUT2D eigenvalue weighted by Gasteiger charge is 2.15. The first-order chi connectivity index (χ1) is 9.43. The van der Waals surface area contributed by atoms with Gasteiger partial charge in [-0.15, -0.1) is 0 Å². The van der Waals surface area contributed by atoms with Crippen molar-refractivity contribution in [3.8, 4) is 17.1 Å². The summed E-state index contributed by atoms with van der Waals surface area (Å²) >= 11 is 9.64. The highest BCUT2D eigenvalue weighted by Crippen LogP contribution is 2.32. The van der Waals surface area contributed by atoms with Crippen LogP contribution in [-0.2, 0) is 0 Å². The average molecular weight is 356 g/mol. The summed E-state index contributed by atoms with van der Waals surface area (Å²) in [6.45, 7) is 6.14. The normalized spacial score (nSPS) is 10.9. The Morgan fingerprint density at radius 2 is 1.95 bits per heavy atom. The van der Waals surface area contributed by atoms with E-state index in [1.807, 2.05) is 25.1 Å². The van der Waals surface area contributed by atoms with E-state index in [2.05, 4.69) is 39.7 Å². The predicted molar refractivity (Wildman–Crippen MR) is 85.6 cm³/mol. The van der Waals surface area contributed by atoms with Crippen molar-refractivity contribution in [1.29, 1.82) is 0 Å². The van der Waals surface area contributed by atoms with Gasteiger partial charge in [0.15, 0.2) is 5.82 Å². The van der Waals surface area contributed by atoms with E-state index in [1.165, 1.54) is 0 Å². The van der Waals surface area contributed by atoms with Gasteiger partial charge in [0.2, 0.25) is 0 Å². The lowest BCUT2D eigenvalue weighted by Gasteiger charge is -2.12. The van der Waals surface area contributed by atoms with Gasteiger partial charge in [-0.3, -0.25) is 0 Å². The maximum absolute atomic E-state index is 6.19. The lowest BCUT2D eigenvalue weighted by atomic mass is 10.1. The number of halogens is 2. The monoisotopic (exact) mass is 354 g/mol. The van der Waals surface area contributed by atoms with Gasteiger partial charge < -0.3 is 4.74 Å². The first-order valence-electron chi connectivity index (χ1n) is 6.32. The summed E-state index contributed by atoms with van der Waals surface area (Å²) in [5.41, 5.74) is 2.88. The molecule has 0 atom stereocenters. The van der Waals surface area contributed by atoms with Crippen molar-refractivity contribution in [2.24, 2.45) is 0 Å². The molecule has 2 rings (SSSR count). The van der Waals surface area contributed by atoms with E-state index in [1.54, 1.807) is 7.11 Å². The number of hydrogen-bond acceptors (Lipinski definition) is 3. The van der Waals surface area contributed by atoms with Crippen LogP contribution in [0.1, 0.15) is 31.0 Å². The molecule has 1 heterocycles. The van der Waals surface area contributed by atoms with Gasteiger partial charge in [-0.05, 0) is 52.5 Å². The van der Waals surface area contributed by atoms with Gasteiger partial charge in [0.05, 0.1) is 17.3 Å². The second kappa shape index (κ2) is 6.10. The van der Waals surface area contributed by atoms with E-state index in [4.69, 9.17) is 16.3 Å². The SMILES string of the molecule is COc1ccc(-c2nc(Cl)c(Br)c(C(C)C)n2)cc1C. The Morgan fingerprint density at radius 3 is 2.50 bits per heavy atom. The highest BCUT2D eigenvalue weighted by molar-refractivity contribution is 9.10. The minimum atomic E-state index is 0.267. The summed E-state index contributed by atoms with van der Waals surface area (Å²) in [4.78, 5) is 8.97. The number of hydrogen-bond donors (Lipinski definition) is 0. The van der Waals surface area contributed by atoms with Crippen LogP contribution in [0.5, 0.6) is 5.75 Å². The molecule has 0 saturated heterocycles. The summed E-state index contributed by atoms with van der Waals surface area (Å²) in [6.07, 6.45) is 0. The molecular weight excluding hydrogens is 340 g/mol. The summed E-state index contributed by atoms with van der Waals surface area (Å²) in [5, 5.41) is 0.437. The molecule has 0 amide bonds. The topological polar surface area (TPSA) is 35.0 Å². The van der Waals surface area contributed by atoms with Gasteiger partial charge in [-0.25, -0.2) is 9.97 Å². The smallest absolute Gasteiger partial charge is 0.161 e. The van der Waals surface area contributed by atoms with Crippen LogP contribution in [-0.4, -0.2) is 17.1 Å². The van der Waals surface area contributed by atoms with E-state index in [0.717, 1.165) is 27.0 Å². The molecular formula is C15H16BrClN2O. The molecule has 0 aliphatic heterocycles. The number of nitrogens with zero attached hydrogens (tertiary/aromatic N) is 2. The zero-order chi connectivity index (χ0) is 14.9. The molecule has 0 saturated carbocycles. The van der Waals surface area contributed by atoms with E-state index in [0.29, 0.717) is 11.0 Å². The Balaban J connectivity index is 2.55. The fraction of sp³-hybridized carbons (Fsp3) is 0.333. The zero-order valence-corrected chi connectivity index (χ0v) is 14.2. The van der Waals surface area contributed by atoms with Crippen molar-refractivity contribution < 1.29 is 4.74 Å². The van der Waals surface area contributed by atoms with Gasteiger partial charge >= 0.3 is 0 Å². The molecule has 1 aromatic heterocycles. The zero-order valence-electron chi connectivity index (χ0n) is 11.9. The number of methoxy groups -OCH3 is 1. The number of aromatic nitrogens is 2. The Labute approximate surface area is 132 Å². The standard InChI is InChI=1S/C15H16BrClN2O/c1-8(2)13-12(16)14(17)19-15(18-13)10-5-6-11(20-4)9(3)7-10/h5-8H,1-4H3. The Morgan fingerprint density at radius 1 is 1.25 bits per heavy atom. The van der Waals surface area contributed by atoms with Gasteiger partial charge in [0, 0.05) is 5.56 Å². The predicted octanol–water partition coefficient (Wildman–Crippen LogP) is 5.00. The number of rotatable bonds is 3. The third-order valence-corrected chi connectivity index (χ3v) is 4.32. The van der Waals surface area contributed by atoms with E-state index < -0.39 is 0 Å². The van der Waals surface area contributed by atoms with Crippen molar-refractivity contribution in [3.05, 3.63) is 39.1 Å². The minimum Gasteiger partial charge on any atom is -0.496 e. The Bertz CT molecular complexity index is 644. The molecule has 5 heteroatoms. The van der Waals surface area contributed by atoms with E-state index >= 15 is 0 Å². The van der Waals surface area contributed by atoms with Gasteiger partial charge in [0.25, 0.3) is 0 Å². The second-order valence-corrected chi connectivity index (χ2v) is 6.03. The van der Waals surface area contributed by atoms with Crippen LogP contribution >= 0.6 is 27.5 Å². The summed E-state index contributed by atoms with van der Waals surface area (Å²) in [6, 6.07) is 5.86. The third-order valence-electron chi connectivity index (χ3n) is 3.04. The van der Waals surface area contributed by atoms with Crippen molar-refractivity contribution in [2.75, 3.05) is 7.11 Å². The molecule has 0 N–H and O–H groups in total. The second-order valence-electron chi connectivity index (χ2n) is 4.88. The summed E-state index contributed by atoms with van der Waals surface area (Å²) < 4.78 is 6.03. The highest BCUT2D eigenvalue weighted by atomic mass is 79.9. The Hall–Kier alpha value is -1.13. The summed E-state index contributed by atoms with van der Waals surface area (Å²) in [7, 11) is 1.66. The van der Waals surface area contributed by atoms with Crippen LogP contribution < -0.4 is 4.74 Å². The van der Waals surface area contributed by atoms with Gasteiger partial charge in [-0.2, -0.15) is 0 Å². The van der Waals surface area contributed by atoms with Crippen molar-refractivity contribution in [1.82, 2.24) is 9.97 Å². The van der Waals surface area contributed by atoms with E-state index in [-0.39, 0.29) is 5.92 Å². The molecule has 0 radical (unpaired) electrons. The van der Waals surface area contributed by atoms with Crippen molar-refractivity contribution in [3.63, 3.8) is 0 Å². The van der Waals surface area contributed by atoms with Crippen LogP contribution in [0.2, 0.25) is 5.15 Å². The molecule has 0 fully saturated rings. The molecule has 0 aliphatic carbocycles. The van der Waals surface area contributed by atoms with Crippen molar-refractivity contribution in [2.45, 2.75) is 26.7 Å². The molecule has 2 aromatic rings. The van der Waals surface area contributed by atoms with Crippen LogP contribution in [0.4, 0.5) is 0 Å². The Kier molecular flexibility index (Phi) is 4.66. The van der Waals surface area contributed by atoms with Crippen LogP contribution in [0.3, 0.4) is 0 Å². The minimum absolute atomic E-state index is 0.267. The van der Waals surface area contributed by atoms with Gasteiger partial charge in [0.1, 0.15) is 10.9 Å². The number of ether oxygens (including phenoxy) is 1. The molecule has 20 heavy (non-hydrogen) atoms.